The molecule has 0 spiro atoms. The molecule has 4 nitrogen and oxygen atoms in total. The van der Waals surface area contributed by atoms with Gasteiger partial charge in [0, 0.05) is 5.92 Å². The average Bonchev–Trinajstić information content (AvgIpc) is 2.87. The molecule has 2 bridgehead atoms. The van der Waals surface area contributed by atoms with Crippen LogP contribution in [0.3, 0.4) is 0 Å². The summed E-state index contributed by atoms with van der Waals surface area (Å²) in [5.41, 5.74) is -0.511. The van der Waals surface area contributed by atoms with E-state index in [2.05, 4.69) is 5.32 Å². The maximum Gasteiger partial charge on any atom is 0.328 e. The van der Waals surface area contributed by atoms with E-state index < -0.39 is 11.6 Å². The van der Waals surface area contributed by atoms with Gasteiger partial charge in [0.1, 0.15) is 11.6 Å². The third-order valence-corrected chi connectivity index (χ3v) is 4.19. The van der Waals surface area contributed by atoms with Gasteiger partial charge in [-0.15, -0.1) is 0 Å². The molecule has 0 aromatic rings. The van der Waals surface area contributed by atoms with Crippen molar-refractivity contribution >= 4 is 11.9 Å². The number of carbonyl (C=O) groups is 2. The van der Waals surface area contributed by atoms with Crippen LogP contribution in [0.5, 0.6) is 0 Å². The van der Waals surface area contributed by atoms with Crippen LogP contribution in [0, 0.1) is 17.8 Å². The van der Waals surface area contributed by atoms with Crippen molar-refractivity contribution in [1.29, 1.82) is 0 Å². The van der Waals surface area contributed by atoms with Crippen molar-refractivity contribution in [3.63, 3.8) is 0 Å². The van der Waals surface area contributed by atoms with Crippen LogP contribution in [0.15, 0.2) is 0 Å². The first kappa shape index (κ1) is 14.4. The van der Waals surface area contributed by atoms with Crippen LogP contribution in [-0.2, 0) is 14.3 Å². The fourth-order valence-electron chi connectivity index (χ4n) is 3.34. The molecule has 108 valence electrons. The summed E-state index contributed by atoms with van der Waals surface area (Å²) >= 11 is 0. The molecule has 0 radical (unpaired) electrons. The van der Waals surface area contributed by atoms with E-state index in [0.29, 0.717) is 5.92 Å². The quantitative estimate of drug-likeness (QED) is 0.798. The number of nitrogens with one attached hydrogen (secondary N) is 1. The van der Waals surface area contributed by atoms with Crippen molar-refractivity contribution < 1.29 is 14.3 Å². The molecular weight excluding hydrogens is 242 g/mol. The number of rotatable bonds is 3. The zero-order chi connectivity index (χ0) is 14.2. The fourth-order valence-corrected chi connectivity index (χ4v) is 3.34. The highest BCUT2D eigenvalue weighted by Gasteiger charge is 2.43. The van der Waals surface area contributed by atoms with Crippen molar-refractivity contribution in [2.75, 3.05) is 0 Å². The van der Waals surface area contributed by atoms with Gasteiger partial charge in [-0.3, -0.25) is 4.79 Å². The van der Waals surface area contributed by atoms with Crippen LogP contribution in [0.4, 0.5) is 0 Å². The molecule has 3 unspecified atom stereocenters. The van der Waals surface area contributed by atoms with Gasteiger partial charge in [0.05, 0.1) is 0 Å². The number of hydrogen-bond donors (Lipinski definition) is 1. The first-order chi connectivity index (χ1) is 8.76. The minimum atomic E-state index is -0.564. The molecule has 0 heterocycles. The minimum absolute atomic E-state index is 0.0329. The Bertz CT molecular complexity index is 372. The van der Waals surface area contributed by atoms with E-state index in [4.69, 9.17) is 4.74 Å². The summed E-state index contributed by atoms with van der Waals surface area (Å²) in [5, 5.41) is 2.82. The molecule has 0 aliphatic heterocycles. The van der Waals surface area contributed by atoms with Gasteiger partial charge in [0.2, 0.25) is 5.91 Å². The number of carbonyl (C=O) groups excluding carboxylic acids is 2. The van der Waals surface area contributed by atoms with Crippen molar-refractivity contribution in [3.05, 3.63) is 0 Å². The lowest BCUT2D eigenvalue weighted by Crippen LogP contribution is -2.45. The van der Waals surface area contributed by atoms with Gasteiger partial charge < -0.3 is 10.1 Å². The molecule has 0 saturated heterocycles. The second-order valence-electron chi connectivity index (χ2n) is 7.05. The van der Waals surface area contributed by atoms with Crippen LogP contribution < -0.4 is 5.32 Å². The predicted octanol–water partition coefficient (Wildman–Crippen LogP) is 2.27. The Balaban J connectivity index is 1.83. The van der Waals surface area contributed by atoms with Gasteiger partial charge in [-0.25, -0.2) is 4.79 Å². The highest BCUT2D eigenvalue weighted by Crippen LogP contribution is 2.48. The Morgan fingerprint density at radius 2 is 1.89 bits per heavy atom. The molecule has 2 rings (SSSR count). The van der Waals surface area contributed by atoms with E-state index in [-0.39, 0.29) is 17.8 Å². The van der Waals surface area contributed by atoms with Gasteiger partial charge in [0.15, 0.2) is 0 Å². The Kier molecular flexibility index (Phi) is 3.88. The second-order valence-corrected chi connectivity index (χ2v) is 7.05. The molecule has 2 saturated carbocycles. The van der Waals surface area contributed by atoms with Crippen LogP contribution in [0.1, 0.15) is 53.4 Å². The molecule has 1 N–H and O–H groups in total. The van der Waals surface area contributed by atoms with Crippen molar-refractivity contribution in [2.24, 2.45) is 17.8 Å². The molecule has 2 fully saturated rings. The lowest BCUT2D eigenvalue weighted by atomic mass is 9.88. The molecule has 0 aromatic carbocycles. The van der Waals surface area contributed by atoms with Gasteiger partial charge in [-0.2, -0.15) is 0 Å². The van der Waals surface area contributed by atoms with Gasteiger partial charge in [-0.05, 0) is 58.8 Å². The molecule has 1 amide bonds. The minimum Gasteiger partial charge on any atom is -0.458 e. The first-order valence-electron chi connectivity index (χ1n) is 7.29. The van der Waals surface area contributed by atoms with Crippen molar-refractivity contribution in [3.8, 4) is 0 Å². The zero-order valence-corrected chi connectivity index (χ0v) is 12.4. The van der Waals surface area contributed by atoms with E-state index in [9.17, 15) is 9.59 Å². The molecule has 4 atom stereocenters. The molecular formula is C15H25NO3. The first-order valence-corrected chi connectivity index (χ1v) is 7.29. The van der Waals surface area contributed by atoms with E-state index in [1.807, 2.05) is 20.8 Å². The van der Waals surface area contributed by atoms with Gasteiger partial charge >= 0.3 is 5.97 Å². The number of amides is 1. The lowest BCUT2D eigenvalue weighted by Gasteiger charge is -2.25. The summed E-state index contributed by atoms with van der Waals surface area (Å²) in [6.07, 6.45) is 4.64. The molecule has 19 heavy (non-hydrogen) atoms. The predicted molar refractivity (Wildman–Crippen MR) is 72.4 cm³/mol. The van der Waals surface area contributed by atoms with Crippen LogP contribution in [0.25, 0.3) is 0 Å². The maximum absolute atomic E-state index is 12.2. The van der Waals surface area contributed by atoms with E-state index in [0.717, 1.165) is 12.3 Å². The number of fused-ring (bicyclic) bond motifs is 2. The highest BCUT2D eigenvalue weighted by molar-refractivity contribution is 5.86. The number of esters is 1. The fraction of sp³-hybridized carbons (Fsp3) is 0.867. The topological polar surface area (TPSA) is 55.4 Å². The lowest BCUT2D eigenvalue weighted by molar-refractivity contribution is -0.158. The number of ether oxygens (including phenoxy) is 1. The summed E-state index contributed by atoms with van der Waals surface area (Å²) in [6.45, 7) is 7.18. The smallest absolute Gasteiger partial charge is 0.328 e. The third kappa shape index (κ3) is 3.48. The summed E-state index contributed by atoms with van der Waals surface area (Å²) in [7, 11) is 0. The normalized spacial score (nSPS) is 31.1. The highest BCUT2D eigenvalue weighted by atomic mass is 16.6. The third-order valence-electron chi connectivity index (χ3n) is 4.19. The standard InChI is InChI=1S/C15H25NO3/c1-9(14(18)19-15(2,3)4)16-13(17)12-8-10-5-6-11(12)7-10/h9-12H,5-8H2,1-4H3,(H,16,17)/t9-,10?,11?,12?/m1/s1. The Labute approximate surface area is 115 Å². The Hall–Kier alpha value is -1.06. The average molecular weight is 267 g/mol. The largest absolute Gasteiger partial charge is 0.458 e. The monoisotopic (exact) mass is 267 g/mol. The Morgan fingerprint density at radius 3 is 2.37 bits per heavy atom. The van der Waals surface area contributed by atoms with E-state index in [1.165, 1.54) is 19.3 Å². The summed E-state index contributed by atoms with van der Waals surface area (Å²) in [4.78, 5) is 24.0. The zero-order valence-electron chi connectivity index (χ0n) is 12.4. The maximum atomic E-state index is 12.2. The van der Waals surface area contributed by atoms with Crippen LogP contribution in [-0.4, -0.2) is 23.5 Å². The van der Waals surface area contributed by atoms with Crippen LogP contribution in [0.2, 0.25) is 0 Å². The molecule has 0 aromatic heterocycles. The number of hydrogen-bond acceptors (Lipinski definition) is 3. The summed E-state index contributed by atoms with van der Waals surface area (Å²) in [6, 6.07) is -0.564. The van der Waals surface area contributed by atoms with E-state index >= 15 is 0 Å². The van der Waals surface area contributed by atoms with Gasteiger partial charge in [-0.1, -0.05) is 6.42 Å². The Morgan fingerprint density at radius 1 is 1.21 bits per heavy atom. The van der Waals surface area contributed by atoms with Crippen molar-refractivity contribution in [1.82, 2.24) is 5.32 Å². The summed E-state index contributed by atoms with van der Waals surface area (Å²) in [5.74, 6) is 1.06. The van der Waals surface area contributed by atoms with E-state index in [1.54, 1.807) is 6.92 Å². The summed E-state index contributed by atoms with van der Waals surface area (Å²) < 4.78 is 5.27. The molecule has 4 heteroatoms. The van der Waals surface area contributed by atoms with Crippen molar-refractivity contribution in [2.45, 2.75) is 65.0 Å². The second kappa shape index (κ2) is 5.14. The van der Waals surface area contributed by atoms with Gasteiger partial charge in [0.25, 0.3) is 0 Å². The molecule has 2 aliphatic rings. The SMILES string of the molecule is C[C@@H](NC(=O)C1CC2CCC1C2)C(=O)OC(C)(C)C. The van der Waals surface area contributed by atoms with Crippen LogP contribution >= 0.6 is 0 Å². The molecule has 2 aliphatic carbocycles.